The highest BCUT2D eigenvalue weighted by molar-refractivity contribution is 8.15. The third-order valence-electron chi connectivity index (χ3n) is 5.17. The predicted octanol–water partition coefficient (Wildman–Crippen LogP) is 3.71. The number of carbonyl (C=O) groups is 2. The summed E-state index contributed by atoms with van der Waals surface area (Å²) in [5.74, 6) is -0.132. The van der Waals surface area contributed by atoms with Gasteiger partial charge in [0.25, 0.3) is 0 Å². The highest BCUT2D eigenvalue weighted by Gasteiger charge is 2.48. The first-order chi connectivity index (χ1) is 12.0. The molecule has 7 heteroatoms. The topological polar surface area (TPSA) is 79.2 Å². The van der Waals surface area contributed by atoms with E-state index in [1.165, 1.54) is 0 Å². The summed E-state index contributed by atoms with van der Waals surface area (Å²) >= 11 is 1.03. The van der Waals surface area contributed by atoms with Gasteiger partial charge in [-0.15, -0.1) is 0 Å². The summed E-state index contributed by atoms with van der Waals surface area (Å²) in [6.45, 7) is 12.8. The monoisotopic (exact) mass is 390 g/mol. The molecule has 0 unspecified atom stereocenters. The first-order valence-corrected chi connectivity index (χ1v) is 12.4. The van der Waals surface area contributed by atoms with E-state index in [0.717, 1.165) is 11.8 Å². The van der Waals surface area contributed by atoms with Gasteiger partial charge in [-0.2, -0.15) is 5.26 Å². The summed E-state index contributed by atoms with van der Waals surface area (Å²) in [5.41, 5.74) is 0.993. The molecule has 3 atom stereocenters. The second-order valence-electron chi connectivity index (χ2n) is 8.13. The minimum Gasteiger partial charge on any atom is -0.412 e. The van der Waals surface area contributed by atoms with Crippen molar-refractivity contribution in [3.8, 4) is 6.07 Å². The second-order valence-corrected chi connectivity index (χ2v) is 14.0. The van der Waals surface area contributed by atoms with Crippen molar-refractivity contribution in [3.05, 3.63) is 35.4 Å². The molecule has 26 heavy (non-hydrogen) atoms. The highest BCUT2D eigenvalue weighted by atomic mass is 32.2. The lowest BCUT2D eigenvalue weighted by Gasteiger charge is -2.45. The van der Waals surface area contributed by atoms with Gasteiger partial charge in [-0.25, -0.2) is 0 Å². The number of nitriles is 1. The van der Waals surface area contributed by atoms with E-state index in [1.807, 2.05) is 13.0 Å². The van der Waals surface area contributed by atoms with Gasteiger partial charge >= 0.3 is 0 Å². The van der Waals surface area contributed by atoms with Gasteiger partial charge < -0.3 is 9.74 Å². The van der Waals surface area contributed by atoms with Crippen LogP contribution in [0, 0.1) is 11.3 Å². The molecule has 1 aromatic carbocycles. The average Bonchev–Trinajstić information content (AvgIpc) is 2.55. The van der Waals surface area contributed by atoms with Crippen LogP contribution in [0.3, 0.4) is 0 Å². The number of thioether (sulfide) groups is 1. The van der Waals surface area contributed by atoms with Crippen molar-refractivity contribution in [2.45, 2.75) is 63.2 Å². The Morgan fingerprint density at radius 3 is 2.35 bits per heavy atom. The molecule has 0 aromatic heterocycles. The van der Waals surface area contributed by atoms with Crippen molar-refractivity contribution < 1.29 is 14.0 Å². The molecule has 1 aliphatic rings. The lowest BCUT2D eigenvalue weighted by molar-refractivity contribution is -0.129. The van der Waals surface area contributed by atoms with Gasteiger partial charge in [0, 0.05) is 5.56 Å². The number of carbonyl (C=O) groups excluding carboxylic acids is 2. The van der Waals surface area contributed by atoms with Crippen molar-refractivity contribution in [1.82, 2.24) is 5.32 Å². The number of nitrogens with one attached hydrogen (secondary N) is 1. The molecule has 1 heterocycles. The smallest absolute Gasteiger partial charge is 0.236 e. The van der Waals surface area contributed by atoms with E-state index in [-0.39, 0.29) is 28.2 Å². The molecular formula is C19H26N2O3SSi. The van der Waals surface area contributed by atoms with Crippen molar-refractivity contribution in [3.63, 3.8) is 0 Å². The van der Waals surface area contributed by atoms with Crippen molar-refractivity contribution in [2.24, 2.45) is 0 Å². The van der Waals surface area contributed by atoms with Crippen LogP contribution >= 0.6 is 11.8 Å². The Hall–Kier alpha value is -1.62. The van der Waals surface area contributed by atoms with Crippen LogP contribution in [-0.2, 0) is 9.22 Å². The number of rotatable bonds is 5. The van der Waals surface area contributed by atoms with Gasteiger partial charge in [-0.05, 0) is 49.3 Å². The van der Waals surface area contributed by atoms with Crippen LogP contribution in [0.2, 0.25) is 18.1 Å². The molecular weight excluding hydrogens is 364 g/mol. The number of amides is 1. The maximum Gasteiger partial charge on any atom is 0.236 e. The fraction of sp³-hybridized carbons (Fsp3) is 0.526. The van der Waals surface area contributed by atoms with E-state index in [4.69, 9.17) is 9.69 Å². The summed E-state index contributed by atoms with van der Waals surface area (Å²) in [4.78, 5) is 24.5. The van der Waals surface area contributed by atoms with Crippen molar-refractivity contribution >= 4 is 31.1 Å². The molecule has 2 rings (SSSR count). The molecule has 0 saturated carbocycles. The van der Waals surface area contributed by atoms with E-state index in [2.05, 4.69) is 39.2 Å². The number of β-lactam (4-membered cyclic amide) rings is 1. The molecule has 140 valence electrons. The van der Waals surface area contributed by atoms with Gasteiger partial charge in [0.2, 0.25) is 11.0 Å². The van der Waals surface area contributed by atoms with E-state index in [1.54, 1.807) is 24.3 Å². The Morgan fingerprint density at radius 1 is 1.31 bits per heavy atom. The molecule has 1 aliphatic heterocycles. The van der Waals surface area contributed by atoms with Gasteiger partial charge in [-0.1, -0.05) is 32.5 Å². The largest absolute Gasteiger partial charge is 0.412 e. The quantitative estimate of drug-likeness (QED) is 0.612. The first-order valence-electron chi connectivity index (χ1n) is 8.65. The van der Waals surface area contributed by atoms with E-state index < -0.39 is 13.6 Å². The summed E-state index contributed by atoms with van der Waals surface area (Å²) in [6, 6.07) is 8.30. The zero-order valence-electron chi connectivity index (χ0n) is 16.1. The van der Waals surface area contributed by atoms with Crippen LogP contribution in [-0.4, -0.2) is 36.7 Å². The second kappa shape index (κ2) is 7.55. The maximum absolute atomic E-state index is 12.5. The van der Waals surface area contributed by atoms with Crippen LogP contribution < -0.4 is 5.32 Å². The van der Waals surface area contributed by atoms with E-state index in [0.29, 0.717) is 11.1 Å². The molecule has 1 amide bonds. The Balaban J connectivity index is 2.03. The first kappa shape index (κ1) is 20.7. The number of hydrogen-bond acceptors (Lipinski definition) is 5. The Labute approximate surface area is 160 Å². The highest BCUT2D eigenvalue weighted by Crippen LogP contribution is 2.39. The lowest BCUT2D eigenvalue weighted by atomic mass is 10.0. The number of hydrogen-bond donors (Lipinski definition) is 1. The normalized spacial score (nSPS) is 21.3. The van der Waals surface area contributed by atoms with Crippen LogP contribution in [0.4, 0.5) is 0 Å². The molecule has 5 nitrogen and oxygen atoms in total. The predicted molar refractivity (Wildman–Crippen MR) is 107 cm³/mol. The molecule has 1 N–H and O–H groups in total. The summed E-state index contributed by atoms with van der Waals surface area (Å²) in [7, 11) is -1.96. The average molecular weight is 391 g/mol. The van der Waals surface area contributed by atoms with Gasteiger partial charge in [0.05, 0.1) is 23.8 Å². The van der Waals surface area contributed by atoms with E-state index in [9.17, 15) is 9.59 Å². The minimum absolute atomic E-state index is 0.0793. The Morgan fingerprint density at radius 2 is 1.88 bits per heavy atom. The summed E-state index contributed by atoms with van der Waals surface area (Å²) < 4.78 is 6.37. The zero-order chi connectivity index (χ0) is 19.7. The molecule has 0 bridgehead atoms. The number of nitrogens with zero attached hydrogens (tertiary/aromatic N) is 1. The SMILES string of the molecule is C[C@@H](O[Si](C)(C)C(C)(C)C)[C@H]1NC(=O)[C@H]1SC(=O)c1ccc(C#N)cc1. The van der Waals surface area contributed by atoms with Crippen LogP contribution in [0.5, 0.6) is 0 Å². The molecule has 0 aliphatic carbocycles. The van der Waals surface area contributed by atoms with E-state index >= 15 is 0 Å². The van der Waals surface area contributed by atoms with Crippen LogP contribution in [0.1, 0.15) is 43.6 Å². The van der Waals surface area contributed by atoms with Crippen LogP contribution in [0.25, 0.3) is 0 Å². The third-order valence-corrected chi connectivity index (χ3v) is 11.0. The Kier molecular flexibility index (Phi) is 6.01. The minimum atomic E-state index is -1.96. The van der Waals surface area contributed by atoms with Gasteiger partial charge in [-0.3, -0.25) is 9.59 Å². The fourth-order valence-electron chi connectivity index (χ4n) is 2.46. The van der Waals surface area contributed by atoms with Gasteiger partial charge in [0.15, 0.2) is 8.32 Å². The third kappa shape index (κ3) is 4.37. The van der Waals surface area contributed by atoms with Gasteiger partial charge in [0.1, 0.15) is 5.25 Å². The molecule has 0 spiro atoms. The summed E-state index contributed by atoms with van der Waals surface area (Å²) in [5, 5.41) is 11.2. The standard InChI is InChI=1S/C19H26N2O3SSi/c1-12(24-26(5,6)19(2,3)4)15-16(17(22)21-15)25-18(23)14-9-7-13(11-20)8-10-14/h7-10,12,15-16H,1-6H3,(H,21,22)/t12-,15-,16+/m1/s1. The molecule has 0 radical (unpaired) electrons. The fourth-order valence-corrected chi connectivity index (χ4v) is 5.00. The molecule has 1 aromatic rings. The molecule has 1 fully saturated rings. The number of benzene rings is 1. The van der Waals surface area contributed by atoms with Crippen molar-refractivity contribution in [2.75, 3.05) is 0 Å². The summed E-state index contributed by atoms with van der Waals surface area (Å²) in [6.07, 6.45) is -0.153. The van der Waals surface area contributed by atoms with Crippen LogP contribution in [0.15, 0.2) is 24.3 Å². The molecule has 1 saturated heterocycles. The lowest BCUT2D eigenvalue weighted by Crippen LogP contribution is -2.67. The zero-order valence-corrected chi connectivity index (χ0v) is 17.9. The Bertz CT molecular complexity index is 735. The maximum atomic E-state index is 12.5. The van der Waals surface area contributed by atoms with Crippen molar-refractivity contribution in [1.29, 1.82) is 5.26 Å².